The Labute approximate surface area is 117 Å². The molecule has 2 amide bonds. The molecule has 0 spiro atoms. The Kier molecular flexibility index (Phi) is 2.90. The van der Waals surface area contributed by atoms with Gasteiger partial charge in [0.2, 0.25) is 0 Å². The van der Waals surface area contributed by atoms with Crippen LogP contribution in [0.2, 0.25) is 0 Å². The maximum atomic E-state index is 12.2. The van der Waals surface area contributed by atoms with Gasteiger partial charge >= 0.3 is 0 Å². The normalized spacial score (nSPS) is 14.1. The van der Waals surface area contributed by atoms with Crippen LogP contribution in [0.15, 0.2) is 29.0 Å². The maximum Gasteiger partial charge on any atom is 0.261 e. The summed E-state index contributed by atoms with van der Waals surface area (Å²) in [5, 5.41) is 6.43. The van der Waals surface area contributed by atoms with Crippen LogP contribution in [-0.4, -0.2) is 38.4 Å². The van der Waals surface area contributed by atoms with Gasteiger partial charge in [-0.3, -0.25) is 19.6 Å². The number of nitrogens with zero attached hydrogens (tertiary/aromatic N) is 3. The van der Waals surface area contributed by atoms with Crippen LogP contribution in [0.3, 0.4) is 0 Å². The lowest BCUT2D eigenvalue weighted by atomic mass is 10.1. The molecule has 0 aliphatic carbocycles. The Bertz CT molecular complexity index is 654. The van der Waals surface area contributed by atoms with Crippen molar-refractivity contribution >= 4 is 27.7 Å². The number of aromatic amines is 1. The quantitative estimate of drug-likeness (QED) is 0.867. The molecule has 1 aliphatic rings. The van der Waals surface area contributed by atoms with Gasteiger partial charge < -0.3 is 0 Å². The van der Waals surface area contributed by atoms with Crippen LogP contribution in [0.4, 0.5) is 0 Å². The van der Waals surface area contributed by atoms with Crippen LogP contribution in [0.5, 0.6) is 0 Å². The summed E-state index contributed by atoms with van der Waals surface area (Å²) in [6, 6.07) is 5.09. The van der Waals surface area contributed by atoms with Gasteiger partial charge in [-0.2, -0.15) is 5.10 Å². The summed E-state index contributed by atoms with van der Waals surface area (Å²) in [6.07, 6.45) is 1.86. The van der Waals surface area contributed by atoms with Crippen molar-refractivity contribution in [2.24, 2.45) is 0 Å². The Balaban J connectivity index is 1.82. The first kappa shape index (κ1) is 12.0. The van der Waals surface area contributed by atoms with Crippen molar-refractivity contribution in [1.29, 1.82) is 0 Å². The lowest BCUT2D eigenvalue weighted by Gasteiger charge is -2.12. The molecule has 2 aromatic rings. The van der Waals surface area contributed by atoms with Gasteiger partial charge in [-0.15, -0.1) is 0 Å². The first-order chi connectivity index (χ1) is 9.16. The first-order valence-electron chi connectivity index (χ1n) is 5.67. The molecule has 19 heavy (non-hydrogen) atoms. The van der Waals surface area contributed by atoms with E-state index in [1.54, 1.807) is 18.2 Å². The highest BCUT2D eigenvalue weighted by Gasteiger charge is 2.35. The van der Waals surface area contributed by atoms with E-state index in [1.165, 1.54) is 11.2 Å². The number of hydrogen-bond donors (Lipinski definition) is 1. The third-order valence-electron chi connectivity index (χ3n) is 2.97. The molecule has 2 heterocycles. The van der Waals surface area contributed by atoms with Crippen LogP contribution < -0.4 is 0 Å². The van der Waals surface area contributed by atoms with Crippen molar-refractivity contribution in [2.45, 2.75) is 6.42 Å². The number of halogens is 1. The Morgan fingerprint density at radius 2 is 2.00 bits per heavy atom. The molecule has 0 saturated carbocycles. The topological polar surface area (TPSA) is 79.0 Å². The SMILES string of the molecule is O=C1c2ccc(Br)cc2C(=O)N1CCc1ncn[nH]1. The predicted octanol–water partition coefficient (Wildman–Crippen LogP) is 1.41. The maximum absolute atomic E-state index is 12.2. The van der Waals surface area contributed by atoms with Gasteiger partial charge in [0.15, 0.2) is 0 Å². The molecular weight excluding hydrogens is 312 g/mol. The van der Waals surface area contributed by atoms with Gasteiger partial charge in [0.25, 0.3) is 11.8 Å². The molecule has 0 radical (unpaired) electrons. The summed E-state index contributed by atoms with van der Waals surface area (Å²) in [5.41, 5.74) is 0.891. The number of fused-ring (bicyclic) bond motifs is 1. The summed E-state index contributed by atoms with van der Waals surface area (Å²) >= 11 is 3.30. The van der Waals surface area contributed by atoms with Crippen LogP contribution >= 0.6 is 15.9 Å². The fourth-order valence-electron chi connectivity index (χ4n) is 2.03. The van der Waals surface area contributed by atoms with E-state index in [0.717, 1.165) is 4.47 Å². The second kappa shape index (κ2) is 4.58. The van der Waals surface area contributed by atoms with Crippen molar-refractivity contribution in [1.82, 2.24) is 20.1 Å². The number of aromatic nitrogens is 3. The van der Waals surface area contributed by atoms with E-state index in [9.17, 15) is 9.59 Å². The van der Waals surface area contributed by atoms with Gasteiger partial charge in [-0.1, -0.05) is 15.9 Å². The zero-order chi connectivity index (χ0) is 13.4. The standard InChI is InChI=1S/C12H9BrN4O2/c13-7-1-2-8-9(5-7)12(19)17(11(8)18)4-3-10-14-6-15-16-10/h1-2,5-6H,3-4H2,(H,14,15,16). The molecular formula is C12H9BrN4O2. The third-order valence-corrected chi connectivity index (χ3v) is 3.46. The largest absolute Gasteiger partial charge is 0.274 e. The Morgan fingerprint density at radius 1 is 1.21 bits per heavy atom. The van der Waals surface area contributed by atoms with Gasteiger partial charge in [0, 0.05) is 17.4 Å². The van der Waals surface area contributed by atoms with Crippen molar-refractivity contribution < 1.29 is 9.59 Å². The number of rotatable bonds is 3. The molecule has 7 heteroatoms. The van der Waals surface area contributed by atoms with E-state index in [2.05, 4.69) is 31.1 Å². The van der Waals surface area contributed by atoms with Crippen LogP contribution in [0, 0.1) is 0 Å². The number of H-pyrrole nitrogens is 1. The lowest BCUT2D eigenvalue weighted by molar-refractivity contribution is 0.0655. The minimum absolute atomic E-state index is 0.257. The summed E-state index contributed by atoms with van der Waals surface area (Å²) in [5.74, 6) is 0.130. The first-order valence-corrected chi connectivity index (χ1v) is 6.46. The molecule has 1 aromatic heterocycles. The molecule has 3 rings (SSSR count). The number of nitrogens with one attached hydrogen (secondary N) is 1. The smallest absolute Gasteiger partial charge is 0.261 e. The van der Waals surface area contributed by atoms with Crippen molar-refractivity contribution in [3.63, 3.8) is 0 Å². The summed E-state index contributed by atoms with van der Waals surface area (Å²) < 4.78 is 0.782. The molecule has 0 fully saturated rings. The molecule has 1 aromatic carbocycles. The highest BCUT2D eigenvalue weighted by atomic mass is 79.9. The molecule has 0 saturated heterocycles. The zero-order valence-electron chi connectivity index (χ0n) is 9.76. The fourth-order valence-corrected chi connectivity index (χ4v) is 2.40. The second-order valence-corrected chi connectivity index (χ2v) is 5.05. The average molecular weight is 321 g/mol. The molecule has 1 N–H and O–H groups in total. The van der Waals surface area contributed by atoms with E-state index in [-0.39, 0.29) is 11.8 Å². The minimum Gasteiger partial charge on any atom is -0.274 e. The van der Waals surface area contributed by atoms with Crippen LogP contribution in [0.1, 0.15) is 26.5 Å². The minimum atomic E-state index is -0.263. The van der Waals surface area contributed by atoms with Crippen molar-refractivity contribution in [3.8, 4) is 0 Å². The monoisotopic (exact) mass is 320 g/mol. The van der Waals surface area contributed by atoms with Crippen molar-refractivity contribution in [2.75, 3.05) is 6.54 Å². The lowest BCUT2D eigenvalue weighted by Crippen LogP contribution is -2.31. The molecule has 0 bridgehead atoms. The molecule has 1 aliphatic heterocycles. The summed E-state index contributed by atoms with van der Waals surface area (Å²) in [7, 11) is 0. The van der Waals surface area contributed by atoms with E-state index < -0.39 is 0 Å². The van der Waals surface area contributed by atoms with Gasteiger partial charge in [0.1, 0.15) is 12.2 Å². The zero-order valence-corrected chi connectivity index (χ0v) is 11.3. The van der Waals surface area contributed by atoms with Gasteiger partial charge in [0.05, 0.1) is 11.1 Å². The molecule has 6 nitrogen and oxygen atoms in total. The Hall–Kier alpha value is -2.02. The highest BCUT2D eigenvalue weighted by Crippen LogP contribution is 2.25. The van der Waals surface area contributed by atoms with Crippen molar-refractivity contribution in [3.05, 3.63) is 46.0 Å². The van der Waals surface area contributed by atoms with E-state index in [0.29, 0.717) is 29.9 Å². The number of benzene rings is 1. The van der Waals surface area contributed by atoms with E-state index in [1.807, 2.05) is 0 Å². The van der Waals surface area contributed by atoms with Gasteiger partial charge in [-0.05, 0) is 18.2 Å². The summed E-state index contributed by atoms with van der Waals surface area (Å²) in [4.78, 5) is 29.5. The van der Waals surface area contributed by atoms with E-state index in [4.69, 9.17) is 0 Å². The predicted molar refractivity (Wildman–Crippen MR) is 69.6 cm³/mol. The number of hydrogen-bond acceptors (Lipinski definition) is 4. The highest BCUT2D eigenvalue weighted by molar-refractivity contribution is 9.10. The molecule has 96 valence electrons. The van der Waals surface area contributed by atoms with E-state index >= 15 is 0 Å². The van der Waals surface area contributed by atoms with Crippen LogP contribution in [-0.2, 0) is 6.42 Å². The average Bonchev–Trinajstić information content (AvgIpc) is 2.98. The summed E-state index contributed by atoms with van der Waals surface area (Å²) in [6.45, 7) is 0.291. The van der Waals surface area contributed by atoms with Crippen LogP contribution in [0.25, 0.3) is 0 Å². The third kappa shape index (κ3) is 2.06. The number of imide groups is 1. The number of amides is 2. The van der Waals surface area contributed by atoms with Gasteiger partial charge in [-0.25, -0.2) is 4.98 Å². The molecule has 0 unspecified atom stereocenters. The second-order valence-electron chi connectivity index (χ2n) is 4.13. The number of carbonyl (C=O) groups excluding carboxylic acids is 2. The Morgan fingerprint density at radius 3 is 2.74 bits per heavy atom. The molecule has 0 atom stereocenters. The fraction of sp³-hybridized carbons (Fsp3) is 0.167. The number of carbonyl (C=O) groups is 2.